The summed E-state index contributed by atoms with van der Waals surface area (Å²) in [4.78, 5) is 24.6. The van der Waals surface area contributed by atoms with Crippen molar-refractivity contribution in [3.05, 3.63) is 59.7 Å². The van der Waals surface area contributed by atoms with E-state index in [4.69, 9.17) is 0 Å². The van der Waals surface area contributed by atoms with E-state index in [0.29, 0.717) is 19.0 Å². The van der Waals surface area contributed by atoms with Crippen LogP contribution < -0.4 is 5.32 Å². The molecule has 0 aromatic heterocycles. The molecule has 2 aromatic carbocycles. The lowest BCUT2D eigenvalue weighted by Gasteiger charge is -2.15. The number of benzene rings is 2. The SMILES string of the molecule is O=C(Cc1ccc(-c2cccc(C#CC3CCCN3C(=O)O)c2)cc1)NC1CC1. The molecule has 0 bridgehead atoms. The average Bonchev–Trinajstić information content (AvgIpc) is 3.39. The predicted octanol–water partition coefficient (Wildman–Crippen LogP) is 3.67. The summed E-state index contributed by atoms with van der Waals surface area (Å²) < 4.78 is 0. The van der Waals surface area contributed by atoms with Crippen molar-refractivity contribution < 1.29 is 14.7 Å². The number of rotatable bonds is 4. The molecule has 2 aromatic rings. The van der Waals surface area contributed by atoms with Crippen molar-refractivity contribution in [2.75, 3.05) is 6.54 Å². The molecule has 148 valence electrons. The third-order valence-corrected chi connectivity index (χ3v) is 5.34. The van der Waals surface area contributed by atoms with E-state index >= 15 is 0 Å². The van der Waals surface area contributed by atoms with E-state index in [2.05, 4.69) is 17.2 Å². The highest BCUT2D eigenvalue weighted by Crippen LogP contribution is 2.22. The van der Waals surface area contributed by atoms with Gasteiger partial charge in [0, 0.05) is 18.2 Å². The van der Waals surface area contributed by atoms with E-state index in [1.807, 2.05) is 48.5 Å². The standard InChI is InChI=1S/C24H24N2O3/c27-23(25-21-11-12-21)16-18-6-9-19(10-7-18)20-4-1-3-17(15-20)8-13-22-5-2-14-26(22)24(28)29/h1,3-4,6-7,9-10,15,21-22H,2,5,11-12,14,16H2,(H,25,27)(H,28,29). The second kappa shape index (κ2) is 8.40. The summed E-state index contributed by atoms with van der Waals surface area (Å²) in [6.45, 7) is 0.555. The van der Waals surface area contributed by atoms with Gasteiger partial charge in [0.2, 0.25) is 5.91 Å². The second-order valence-electron chi connectivity index (χ2n) is 7.70. The van der Waals surface area contributed by atoms with E-state index in [1.54, 1.807) is 0 Å². The number of hydrogen-bond acceptors (Lipinski definition) is 2. The number of carboxylic acid groups (broad SMARTS) is 1. The van der Waals surface area contributed by atoms with Crippen molar-refractivity contribution >= 4 is 12.0 Å². The van der Waals surface area contributed by atoms with Gasteiger partial charge in [-0.15, -0.1) is 0 Å². The zero-order chi connectivity index (χ0) is 20.2. The average molecular weight is 388 g/mol. The highest BCUT2D eigenvalue weighted by molar-refractivity contribution is 5.79. The van der Waals surface area contributed by atoms with Crippen molar-refractivity contribution in [2.24, 2.45) is 0 Å². The van der Waals surface area contributed by atoms with Gasteiger partial charge in [0.05, 0.1) is 12.5 Å². The van der Waals surface area contributed by atoms with Gasteiger partial charge in [0.1, 0.15) is 0 Å². The van der Waals surface area contributed by atoms with Crippen LogP contribution in [0.25, 0.3) is 11.1 Å². The van der Waals surface area contributed by atoms with Crippen LogP contribution in [0.15, 0.2) is 48.5 Å². The largest absolute Gasteiger partial charge is 0.465 e. The van der Waals surface area contributed by atoms with Gasteiger partial charge < -0.3 is 10.4 Å². The minimum atomic E-state index is -0.901. The first-order valence-electron chi connectivity index (χ1n) is 10.1. The molecule has 29 heavy (non-hydrogen) atoms. The molecule has 2 N–H and O–H groups in total. The first kappa shape index (κ1) is 19.1. The summed E-state index contributed by atoms with van der Waals surface area (Å²) in [6, 6.07) is 16.1. The highest BCUT2D eigenvalue weighted by atomic mass is 16.4. The topological polar surface area (TPSA) is 69.6 Å². The summed E-state index contributed by atoms with van der Waals surface area (Å²) in [5.41, 5.74) is 3.98. The quantitative estimate of drug-likeness (QED) is 0.785. The molecule has 1 unspecified atom stereocenters. The van der Waals surface area contributed by atoms with Crippen LogP contribution in [-0.4, -0.2) is 40.6 Å². The van der Waals surface area contributed by atoms with Gasteiger partial charge in [-0.1, -0.05) is 48.2 Å². The van der Waals surface area contributed by atoms with Crippen LogP contribution in [0.3, 0.4) is 0 Å². The summed E-state index contributed by atoms with van der Waals surface area (Å²) in [5, 5.41) is 12.2. The monoisotopic (exact) mass is 388 g/mol. The fourth-order valence-corrected chi connectivity index (χ4v) is 3.60. The Kier molecular flexibility index (Phi) is 5.53. The molecule has 1 saturated carbocycles. The van der Waals surface area contributed by atoms with E-state index in [-0.39, 0.29) is 11.9 Å². The molecule has 0 radical (unpaired) electrons. The molecule has 5 heteroatoms. The molecular weight excluding hydrogens is 364 g/mol. The van der Waals surface area contributed by atoms with Gasteiger partial charge in [-0.25, -0.2) is 4.79 Å². The number of likely N-dealkylation sites (tertiary alicyclic amines) is 1. The summed E-state index contributed by atoms with van der Waals surface area (Å²) in [5.74, 6) is 6.33. The van der Waals surface area contributed by atoms with Gasteiger partial charge in [0.15, 0.2) is 0 Å². The number of amides is 2. The second-order valence-corrected chi connectivity index (χ2v) is 7.70. The smallest absolute Gasteiger partial charge is 0.408 e. The molecule has 1 heterocycles. The maximum Gasteiger partial charge on any atom is 0.408 e. The molecule has 1 atom stereocenters. The molecule has 4 rings (SSSR count). The number of hydrogen-bond donors (Lipinski definition) is 2. The van der Waals surface area contributed by atoms with Gasteiger partial charge in [-0.3, -0.25) is 9.69 Å². The zero-order valence-electron chi connectivity index (χ0n) is 16.2. The van der Waals surface area contributed by atoms with Crippen molar-refractivity contribution in [3.63, 3.8) is 0 Å². The lowest BCUT2D eigenvalue weighted by molar-refractivity contribution is -0.120. The summed E-state index contributed by atoms with van der Waals surface area (Å²) in [6.07, 6.45) is 3.34. The van der Waals surface area contributed by atoms with E-state index < -0.39 is 6.09 Å². The van der Waals surface area contributed by atoms with Crippen LogP contribution in [0, 0.1) is 11.8 Å². The predicted molar refractivity (Wildman–Crippen MR) is 111 cm³/mol. The Morgan fingerprint density at radius 2 is 1.86 bits per heavy atom. The minimum absolute atomic E-state index is 0.0832. The lowest BCUT2D eigenvalue weighted by atomic mass is 10.0. The van der Waals surface area contributed by atoms with Gasteiger partial charge in [0.25, 0.3) is 0 Å². The van der Waals surface area contributed by atoms with Crippen molar-refractivity contribution in [3.8, 4) is 23.0 Å². The zero-order valence-corrected chi connectivity index (χ0v) is 16.2. The molecule has 1 aliphatic carbocycles. The Balaban J connectivity index is 1.44. The molecule has 5 nitrogen and oxygen atoms in total. The lowest BCUT2D eigenvalue weighted by Crippen LogP contribution is -2.33. The summed E-state index contributed by atoms with van der Waals surface area (Å²) >= 11 is 0. The number of carbonyl (C=O) groups excluding carboxylic acids is 1. The first-order chi connectivity index (χ1) is 14.1. The normalized spacial score (nSPS) is 18.1. The maximum absolute atomic E-state index is 11.9. The first-order valence-corrected chi connectivity index (χ1v) is 10.1. The van der Waals surface area contributed by atoms with Crippen molar-refractivity contribution in [1.82, 2.24) is 10.2 Å². The highest BCUT2D eigenvalue weighted by Gasteiger charge is 2.26. The minimum Gasteiger partial charge on any atom is -0.465 e. The van der Waals surface area contributed by atoms with Crippen LogP contribution in [0.2, 0.25) is 0 Å². The number of carbonyl (C=O) groups is 2. The fraction of sp³-hybridized carbons (Fsp3) is 0.333. The van der Waals surface area contributed by atoms with Crippen LogP contribution in [-0.2, 0) is 11.2 Å². The number of nitrogens with one attached hydrogen (secondary N) is 1. The van der Waals surface area contributed by atoms with Crippen molar-refractivity contribution in [2.45, 2.75) is 44.2 Å². The maximum atomic E-state index is 11.9. The van der Waals surface area contributed by atoms with Gasteiger partial charge >= 0.3 is 6.09 Å². The summed E-state index contributed by atoms with van der Waals surface area (Å²) in [7, 11) is 0. The van der Waals surface area contributed by atoms with Crippen LogP contribution in [0.5, 0.6) is 0 Å². The molecule has 1 saturated heterocycles. The fourth-order valence-electron chi connectivity index (χ4n) is 3.60. The Hall–Kier alpha value is -3.26. The molecule has 2 fully saturated rings. The van der Waals surface area contributed by atoms with Crippen LogP contribution in [0.4, 0.5) is 4.79 Å². The third kappa shape index (κ3) is 4.97. The molecule has 2 aliphatic rings. The number of nitrogens with zero attached hydrogens (tertiary/aromatic N) is 1. The van der Waals surface area contributed by atoms with E-state index in [0.717, 1.165) is 47.9 Å². The Morgan fingerprint density at radius 1 is 1.07 bits per heavy atom. The van der Waals surface area contributed by atoms with Gasteiger partial charge in [-0.2, -0.15) is 0 Å². The van der Waals surface area contributed by atoms with Crippen molar-refractivity contribution in [1.29, 1.82) is 0 Å². The van der Waals surface area contributed by atoms with Crippen LogP contribution in [0.1, 0.15) is 36.8 Å². The molecule has 1 aliphatic heterocycles. The Bertz CT molecular complexity index is 968. The van der Waals surface area contributed by atoms with Gasteiger partial charge in [-0.05, 0) is 54.5 Å². The third-order valence-electron chi connectivity index (χ3n) is 5.34. The Morgan fingerprint density at radius 3 is 2.59 bits per heavy atom. The molecule has 2 amide bonds. The van der Waals surface area contributed by atoms with Crippen LogP contribution >= 0.6 is 0 Å². The van der Waals surface area contributed by atoms with E-state index in [9.17, 15) is 14.7 Å². The molecular formula is C24H24N2O3. The Labute approximate surface area is 170 Å². The van der Waals surface area contributed by atoms with E-state index in [1.165, 1.54) is 4.90 Å². The molecule has 0 spiro atoms.